The molecule has 6 heteroatoms. The Balaban J connectivity index is 2.94. The van der Waals surface area contributed by atoms with Gasteiger partial charge in [0.2, 0.25) is 5.91 Å². The van der Waals surface area contributed by atoms with Crippen molar-refractivity contribution in [3.63, 3.8) is 0 Å². The number of anilines is 1. The first-order valence-corrected chi connectivity index (χ1v) is 4.91. The number of nitrogens with zero attached hydrogens (tertiary/aromatic N) is 2. The Kier molecular flexibility index (Phi) is 3.79. The van der Waals surface area contributed by atoms with Crippen LogP contribution < -0.4 is 4.90 Å². The van der Waals surface area contributed by atoms with Crippen LogP contribution in [0.15, 0.2) is 22.8 Å². The normalized spacial score (nSPS) is 9.73. The zero-order valence-corrected chi connectivity index (χ0v) is 9.56. The number of rotatable bonds is 3. The molecule has 1 aromatic heterocycles. The topological polar surface area (TPSA) is 70.5 Å². The van der Waals surface area contributed by atoms with Crippen molar-refractivity contribution in [2.45, 2.75) is 6.92 Å². The van der Waals surface area contributed by atoms with Gasteiger partial charge < -0.3 is 5.11 Å². The zero-order chi connectivity index (χ0) is 11.4. The van der Waals surface area contributed by atoms with Crippen LogP contribution in [-0.2, 0) is 9.59 Å². The van der Waals surface area contributed by atoms with Crippen molar-refractivity contribution in [1.29, 1.82) is 0 Å². The number of carbonyl (C=O) groups is 2. The fourth-order valence-corrected chi connectivity index (χ4v) is 1.25. The predicted molar refractivity (Wildman–Crippen MR) is 57.6 cm³/mol. The lowest BCUT2D eigenvalue weighted by Gasteiger charge is -2.17. The summed E-state index contributed by atoms with van der Waals surface area (Å²) in [5.41, 5.74) is 0. The average molecular weight is 273 g/mol. The lowest BCUT2D eigenvalue weighted by molar-refractivity contribution is -0.136. The second kappa shape index (κ2) is 4.88. The van der Waals surface area contributed by atoms with Crippen LogP contribution in [0, 0.1) is 0 Å². The number of aromatic nitrogens is 1. The summed E-state index contributed by atoms with van der Waals surface area (Å²) >= 11 is 3.20. The van der Waals surface area contributed by atoms with E-state index in [1.807, 2.05) is 0 Å². The third-order valence-electron chi connectivity index (χ3n) is 1.66. The maximum absolute atomic E-state index is 11.2. The molecule has 0 aliphatic carbocycles. The number of carboxylic acid groups (broad SMARTS) is 1. The zero-order valence-electron chi connectivity index (χ0n) is 7.98. The van der Waals surface area contributed by atoms with Gasteiger partial charge in [-0.05, 0) is 28.1 Å². The summed E-state index contributed by atoms with van der Waals surface area (Å²) in [5.74, 6) is -1.10. The van der Waals surface area contributed by atoms with Crippen molar-refractivity contribution in [3.05, 3.63) is 22.8 Å². The summed E-state index contributed by atoms with van der Waals surface area (Å²) in [7, 11) is 0. The van der Waals surface area contributed by atoms with Crippen molar-refractivity contribution in [3.8, 4) is 0 Å². The van der Waals surface area contributed by atoms with Gasteiger partial charge in [0.15, 0.2) is 0 Å². The van der Waals surface area contributed by atoms with Gasteiger partial charge in [-0.1, -0.05) is 0 Å². The highest BCUT2D eigenvalue weighted by Crippen LogP contribution is 2.14. The van der Waals surface area contributed by atoms with Crippen LogP contribution in [0.25, 0.3) is 0 Å². The standard InChI is InChI=1S/C9H9BrN2O3/c1-6(13)12(5-9(14)15)8-3-2-7(10)4-11-8/h2-4H,5H2,1H3,(H,14,15). The van der Waals surface area contributed by atoms with Crippen molar-refractivity contribution >= 4 is 33.6 Å². The minimum absolute atomic E-state index is 0.327. The Bertz CT molecular complexity index is 377. The number of hydrogen-bond acceptors (Lipinski definition) is 3. The monoisotopic (exact) mass is 272 g/mol. The molecule has 1 heterocycles. The molecule has 1 amide bonds. The Hall–Kier alpha value is -1.43. The van der Waals surface area contributed by atoms with Crippen molar-refractivity contribution < 1.29 is 14.7 Å². The molecule has 1 N–H and O–H groups in total. The van der Waals surface area contributed by atoms with Crippen LogP contribution in [0.1, 0.15) is 6.92 Å². The van der Waals surface area contributed by atoms with Gasteiger partial charge in [-0.3, -0.25) is 14.5 Å². The van der Waals surface area contributed by atoms with Gasteiger partial charge >= 0.3 is 5.97 Å². The Morgan fingerprint density at radius 2 is 2.20 bits per heavy atom. The maximum atomic E-state index is 11.2. The van der Waals surface area contributed by atoms with E-state index in [1.165, 1.54) is 13.1 Å². The van der Waals surface area contributed by atoms with E-state index < -0.39 is 5.97 Å². The third kappa shape index (κ3) is 3.32. The number of halogens is 1. The Morgan fingerprint density at radius 1 is 1.53 bits per heavy atom. The number of amides is 1. The number of carboxylic acids is 1. The van der Waals surface area contributed by atoms with E-state index in [1.54, 1.807) is 12.1 Å². The van der Waals surface area contributed by atoms with E-state index >= 15 is 0 Å². The van der Waals surface area contributed by atoms with Gasteiger partial charge in [-0.15, -0.1) is 0 Å². The quantitative estimate of drug-likeness (QED) is 0.900. The molecule has 1 rings (SSSR count). The maximum Gasteiger partial charge on any atom is 0.323 e. The molecule has 0 aliphatic rings. The molecule has 0 radical (unpaired) electrons. The summed E-state index contributed by atoms with van der Waals surface area (Å²) in [6.07, 6.45) is 1.51. The molecule has 0 saturated carbocycles. The predicted octanol–water partition coefficient (Wildman–Crippen LogP) is 1.28. The molecule has 0 spiro atoms. The first-order chi connectivity index (χ1) is 7.00. The lowest BCUT2D eigenvalue weighted by Crippen LogP contribution is -2.34. The molecule has 0 bridgehead atoms. The minimum Gasteiger partial charge on any atom is -0.480 e. The van der Waals surface area contributed by atoms with Crippen LogP contribution in [-0.4, -0.2) is 28.5 Å². The van der Waals surface area contributed by atoms with Crippen LogP contribution in [0.3, 0.4) is 0 Å². The van der Waals surface area contributed by atoms with Gasteiger partial charge in [0.1, 0.15) is 12.4 Å². The SMILES string of the molecule is CC(=O)N(CC(=O)O)c1ccc(Br)cn1. The second-order valence-corrected chi connectivity index (χ2v) is 3.75. The third-order valence-corrected chi connectivity index (χ3v) is 2.13. The smallest absolute Gasteiger partial charge is 0.323 e. The lowest BCUT2D eigenvalue weighted by atomic mass is 10.4. The summed E-state index contributed by atoms with van der Waals surface area (Å²) in [4.78, 5) is 26.7. The summed E-state index contributed by atoms with van der Waals surface area (Å²) in [6.45, 7) is 0.913. The minimum atomic E-state index is -1.07. The van der Waals surface area contributed by atoms with Gasteiger partial charge in [0.25, 0.3) is 0 Å². The highest BCUT2D eigenvalue weighted by Gasteiger charge is 2.15. The number of carbonyl (C=O) groups excluding carboxylic acids is 1. The molecule has 0 fully saturated rings. The molecule has 0 saturated heterocycles. The number of hydrogen-bond donors (Lipinski definition) is 1. The fourth-order valence-electron chi connectivity index (χ4n) is 1.02. The van der Waals surface area contributed by atoms with Gasteiger partial charge in [-0.2, -0.15) is 0 Å². The highest BCUT2D eigenvalue weighted by molar-refractivity contribution is 9.10. The molecule has 0 atom stereocenters. The summed E-state index contributed by atoms with van der Waals surface area (Å²) in [6, 6.07) is 3.27. The second-order valence-electron chi connectivity index (χ2n) is 2.83. The van der Waals surface area contributed by atoms with Gasteiger partial charge in [-0.25, -0.2) is 4.98 Å². The average Bonchev–Trinajstić information content (AvgIpc) is 2.15. The van der Waals surface area contributed by atoms with Gasteiger partial charge in [0.05, 0.1) is 0 Å². The van der Waals surface area contributed by atoms with E-state index in [-0.39, 0.29) is 12.5 Å². The molecule has 5 nitrogen and oxygen atoms in total. The Labute approximate surface area is 94.9 Å². The number of aliphatic carboxylic acids is 1. The van der Waals surface area contributed by atoms with Crippen LogP contribution in [0.2, 0.25) is 0 Å². The first kappa shape index (κ1) is 11.6. The largest absolute Gasteiger partial charge is 0.480 e. The van der Waals surface area contributed by atoms with Crippen LogP contribution in [0.5, 0.6) is 0 Å². The Morgan fingerprint density at radius 3 is 2.60 bits per heavy atom. The van der Waals surface area contributed by atoms with Crippen molar-refractivity contribution in [2.24, 2.45) is 0 Å². The van der Waals surface area contributed by atoms with Crippen LogP contribution >= 0.6 is 15.9 Å². The highest BCUT2D eigenvalue weighted by atomic mass is 79.9. The van der Waals surface area contributed by atoms with Gasteiger partial charge in [0, 0.05) is 17.6 Å². The molecule has 15 heavy (non-hydrogen) atoms. The van der Waals surface area contributed by atoms with Crippen LogP contribution in [0.4, 0.5) is 5.82 Å². The van der Waals surface area contributed by atoms with Crippen molar-refractivity contribution in [2.75, 3.05) is 11.4 Å². The molecule has 1 aromatic rings. The van der Waals surface area contributed by atoms with E-state index in [4.69, 9.17) is 5.11 Å². The van der Waals surface area contributed by atoms with E-state index in [0.29, 0.717) is 5.82 Å². The van der Waals surface area contributed by atoms with E-state index in [2.05, 4.69) is 20.9 Å². The molecule has 80 valence electrons. The molecular formula is C9H9BrN2O3. The summed E-state index contributed by atoms with van der Waals surface area (Å²) in [5, 5.41) is 8.62. The summed E-state index contributed by atoms with van der Waals surface area (Å²) < 4.78 is 0.769. The molecular weight excluding hydrogens is 264 g/mol. The fraction of sp³-hybridized carbons (Fsp3) is 0.222. The van der Waals surface area contributed by atoms with E-state index in [9.17, 15) is 9.59 Å². The number of pyridine rings is 1. The molecule has 0 aromatic carbocycles. The van der Waals surface area contributed by atoms with Crippen molar-refractivity contribution in [1.82, 2.24) is 4.98 Å². The molecule has 0 aliphatic heterocycles. The molecule has 0 unspecified atom stereocenters. The first-order valence-electron chi connectivity index (χ1n) is 4.12. The van der Waals surface area contributed by atoms with E-state index in [0.717, 1.165) is 9.37 Å².